The van der Waals surface area contributed by atoms with E-state index in [0.717, 1.165) is 17.1 Å². The number of hydrogen-bond donors (Lipinski definition) is 2. The van der Waals surface area contributed by atoms with Gasteiger partial charge in [0.05, 0.1) is 24.8 Å². The first kappa shape index (κ1) is 16.5. The van der Waals surface area contributed by atoms with Gasteiger partial charge in [-0.2, -0.15) is 5.10 Å². The van der Waals surface area contributed by atoms with E-state index in [9.17, 15) is 9.90 Å². The Hall–Kier alpha value is -2.34. The van der Waals surface area contributed by atoms with Crippen molar-refractivity contribution < 1.29 is 14.6 Å². The zero-order valence-corrected chi connectivity index (χ0v) is 13.8. The molecule has 0 bridgehead atoms. The number of benzene rings is 1. The number of amides is 1. The molecule has 0 aliphatic carbocycles. The van der Waals surface area contributed by atoms with E-state index in [0.29, 0.717) is 32.5 Å². The summed E-state index contributed by atoms with van der Waals surface area (Å²) in [4.78, 5) is 14.0. The average Bonchev–Trinajstić information content (AvgIpc) is 3.15. The molecule has 1 fully saturated rings. The summed E-state index contributed by atoms with van der Waals surface area (Å²) in [5.41, 5.74) is 1.93. The van der Waals surface area contributed by atoms with Crippen LogP contribution in [0.3, 0.4) is 0 Å². The number of aliphatic hydroxyl groups is 1. The van der Waals surface area contributed by atoms with Crippen molar-refractivity contribution in [3.8, 4) is 5.75 Å². The van der Waals surface area contributed by atoms with Crippen molar-refractivity contribution >= 4 is 5.91 Å². The topological polar surface area (TPSA) is 78.5 Å². The largest absolute Gasteiger partial charge is 0.493 e. The first-order valence-corrected chi connectivity index (χ1v) is 8.26. The molecule has 1 aromatic heterocycles. The van der Waals surface area contributed by atoms with Crippen molar-refractivity contribution in [2.45, 2.75) is 25.9 Å². The van der Waals surface area contributed by atoms with Crippen LogP contribution in [0.1, 0.15) is 17.8 Å². The number of rotatable bonds is 6. The lowest BCUT2D eigenvalue weighted by Crippen LogP contribution is -2.30. The van der Waals surface area contributed by atoms with Crippen LogP contribution in [0, 0.1) is 12.8 Å². The Bertz CT molecular complexity index is 671. The molecular weight excluding hydrogens is 306 g/mol. The van der Waals surface area contributed by atoms with Crippen molar-refractivity contribution in [3.63, 3.8) is 0 Å². The Morgan fingerprint density at radius 3 is 2.88 bits per heavy atom. The molecule has 0 saturated carbocycles. The van der Waals surface area contributed by atoms with Crippen molar-refractivity contribution in [2.24, 2.45) is 5.92 Å². The molecule has 0 spiro atoms. The standard InChI is InChI=1S/C18H23N3O3/c1-13-9-15(20-19-13)10-14-11-21(12-17(14)22)18(23)7-8-24-16-5-3-2-4-6-16/h2-6,9,14,17,22H,7-8,10-12H2,1H3,(H,19,20)/t14-,17+/m1/s1. The predicted octanol–water partition coefficient (Wildman–Crippen LogP) is 1.55. The van der Waals surface area contributed by atoms with Crippen molar-refractivity contribution in [2.75, 3.05) is 19.7 Å². The fraction of sp³-hybridized carbons (Fsp3) is 0.444. The van der Waals surface area contributed by atoms with E-state index in [1.807, 2.05) is 43.3 Å². The molecule has 1 aliphatic heterocycles. The number of nitrogens with zero attached hydrogens (tertiary/aromatic N) is 2. The zero-order valence-electron chi connectivity index (χ0n) is 13.8. The molecule has 6 nitrogen and oxygen atoms in total. The third-order valence-corrected chi connectivity index (χ3v) is 4.32. The van der Waals surface area contributed by atoms with E-state index in [1.165, 1.54) is 0 Å². The number of aryl methyl sites for hydroxylation is 1. The third kappa shape index (κ3) is 4.14. The highest BCUT2D eigenvalue weighted by Crippen LogP contribution is 2.22. The fourth-order valence-electron chi connectivity index (χ4n) is 3.04. The highest BCUT2D eigenvalue weighted by atomic mass is 16.5. The third-order valence-electron chi connectivity index (χ3n) is 4.32. The van der Waals surface area contributed by atoms with Gasteiger partial charge in [0, 0.05) is 24.7 Å². The highest BCUT2D eigenvalue weighted by molar-refractivity contribution is 5.76. The van der Waals surface area contributed by atoms with Gasteiger partial charge in [-0.3, -0.25) is 9.89 Å². The maximum absolute atomic E-state index is 12.3. The smallest absolute Gasteiger partial charge is 0.226 e. The van der Waals surface area contributed by atoms with Crippen molar-refractivity contribution in [1.29, 1.82) is 0 Å². The Morgan fingerprint density at radius 2 is 2.17 bits per heavy atom. The molecular formula is C18H23N3O3. The lowest BCUT2D eigenvalue weighted by Gasteiger charge is -2.16. The summed E-state index contributed by atoms with van der Waals surface area (Å²) >= 11 is 0. The Balaban J connectivity index is 1.46. The first-order chi connectivity index (χ1) is 11.6. The number of aromatic nitrogens is 2. The molecule has 24 heavy (non-hydrogen) atoms. The van der Waals surface area contributed by atoms with Gasteiger partial charge in [-0.25, -0.2) is 0 Å². The minimum Gasteiger partial charge on any atom is -0.493 e. The van der Waals surface area contributed by atoms with Crippen LogP contribution >= 0.6 is 0 Å². The molecule has 6 heteroatoms. The van der Waals surface area contributed by atoms with Crippen LogP contribution < -0.4 is 4.74 Å². The van der Waals surface area contributed by atoms with Gasteiger partial charge in [0.25, 0.3) is 0 Å². The van der Waals surface area contributed by atoms with Crippen LogP contribution in [-0.2, 0) is 11.2 Å². The summed E-state index contributed by atoms with van der Waals surface area (Å²) in [5.74, 6) is 0.816. The summed E-state index contributed by atoms with van der Waals surface area (Å²) in [7, 11) is 0. The van der Waals surface area contributed by atoms with Gasteiger partial charge in [-0.1, -0.05) is 18.2 Å². The second-order valence-corrected chi connectivity index (χ2v) is 6.28. The van der Waals surface area contributed by atoms with Gasteiger partial charge in [0.1, 0.15) is 5.75 Å². The van der Waals surface area contributed by atoms with Crippen LogP contribution in [0.25, 0.3) is 0 Å². The second-order valence-electron chi connectivity index (χ2n) is 6.28. The number of para-hydroxylation sites is 1. The predicted molar refractivity (Wildman–Crippen MR) is 89.7 cm³/mol. The van der Waals surface area contributed by atoms with Gasteiger partial charge in [-0.15, -0.1) is 0 Å². The van der Waals surface area contributed by atoms with E-state index in [-0.39, 0.29) is 11.8 Å². The van der Waals surface area contributed by atoms with Crippen LogP contribution in [0.15, 0.2) is 36.4 Å². The average molecular weight is 329 g/mol. The monoisotopic (exact) mass is 329 g/mol. The SMILES string of the molecule is Cc1cc(C[C@@H]2CN(C(=O)CCOc3ccccc3)C[C@@H]2O)n[nH]1. The summed E-state index contributed by atoms with van der Waals surface area (Å²) in [6, 6.07) is 11.4. The molecule has 128 valence electrons. The minimum absolute atomic E-state index is 0.0192. The molecule has 3 rings (SSSR count). The summed E-state index contributed by atoms with van der Waals surface area (Å²) in [6.45, 7) is 3.25. The Morgan fingerprint density at radius 1 is 1.38 bits per heavy atom. The van der Waals surface area contributed by atoms with Gasteiger partial charge in [0.15, 0.2) is 0 Å². The molecule has 0 unspecified atom stereocenters. The molecule has 2 N–H and O–H groups in total. The van der Waals surface area contributed by atoms with E-state index in [2.05, 4.69) is 10.2 Å². The van der Waals surface area contributed by atoms with Crippen LogP contribution in [0.5, 0.6) is 5.75 Å². The van der Waals surface area contributed by atoms with Crippen molar-refractivity contribution in [3.05, 3.63) is 47.8 Å². The van der Waals surface area contributed by atoms with Gasteiger partial charge in [-0.05, 0) is 31.5 Å². The normalized spacial score (nSPS) is 20.3. The molecule has 1 aliphatic rings. The lowest BCUT2D eigenvalue weighted by molar-refractivity contribution is -0.131. The number of nitrogens with one attached hydrogen (secondary N) is 1. The van der Waals surface area contributed by atoms with Crippen LogP contribution in [0.2, 0.25) is 0 Å². The van der Waals surface area contributed by atoms with Gasteiger partial charge < -0.3 is 14.7 Å². The molecule has 1 amide bonds. The van der Waals surface area contributed by atoms with E-state index < -0.39 is 6.10 Å². The van der Waals surface area contributed by atoms with Gasteiger partial charge in [0.2, 0.25) is 5.91 Å². The van der Waals surface area contributed by atoms with Crippen LogP contribution in [0.4, 0.5) is 0 Å². The van der Waals surface area contributed by atoms with E-state index in [4.69, 9.17) is 4.74 Å². The van der Waals surface area contributed by atoms with E-state index in [1.54, 1.807) is 4.90 Å². The fourth-order valence-corrected chi connectivity index (χ4v) is 3.04. The molecule has 2 heterocycles. The summed E-state index contributed by atoms with van der Waals surface area (Å²) < 4.78 is 5.56. The number of carbonyl (C=O) groups is 1. The number of ether oxygens (including phenoxy) is 1. The number of H-pyrrole nitrogens is 1. The van der Waals surface area contributed by atoms with Gasteiger partial charge >= 0.3 is 0 Å². The molecule has 2 atom stereocenters. The first-order valence-electron chi connectivity index (χ1n) is 8.26. The van der Waals surface area contributed by atoms with Crippen molar-refractivity contribution in [1.82, 2.24) is 15.1 Å². The second kappa shape index (κ2) is 7.49. The number of β-amino-alcohol motifs (C(OH)–C–C–N with tert-alkyl or cyclic N) is 1. The number of hydrogen-bond acceptors (Lipinski definition) is 4. The summed E-state index contributed by atoms with van der Waals surface area (Å²) in [5, 5.41) is 17.3. The van der Waals surface area contributed by atoms with E-state index >= 15 is 0 Å². The number of aliphatic hydroxyl groups excluding tert-OH is 1. The number of carbonyl (C=O) groups excluding carboxylic acids is 1. The molecule has 0 radical (unpaired) electrons. The number of likely N-dealkylation sites (tertiary alicyclic amines) is 1. The zero-order chi connectivity index (χ0) is 16.9. The number of aromatic amines is 1. The maximum Gasteiger partial charge on any atom is 0.226 e. The highest BCUT2D eigenvalue weighted by Gasteiger charge is 2.34. The summed E-state index contributed by atoms with van der Waals surface area (Å²) in [6.07, 6.45) is 0.493. The minimum atomic E-state index is -0.499. The maximum atomic E-state index is 12.3. The van der Waals surface area contributed by atoms with Crippen LogP contribution in [-0.4, -0.2) is 51.9 Å². The lowest BCUT2D eigenvalue weighted by atomic mass is 10.0. The molecule has 1 saturated heterocycles. The Kier molecular flexibility index (Phi) is 5.15. The molecule has 2 aromatic rings. The Labute approximate surface area is 141 Å². The molecule has 1 aromatic carbocycles. The quantitative estimate of drug-likeness (QED) is 0.843.